The molecular weight excluding hydrogens is 288 g/mol. The number of carbonyl (C=O) groups excluding carboxylic acids is 1. The Morgan fingerprint density at radius 1 is 1.09 bits per heavy atom. The Kier molecular flexibility index (Phi) is 2.77. The van der Waals surface area contributed by atoms with Crippen molar-refractivity contribution in [3.63, 3.8) is 0 Å². The van der Waals surface area contributed by atoms with Gasteiger partial charge in [-0.1, -0.05) is 0 Å². The van der Waals surface area contributed by atoms with E-state index in [1.165, 1.54) is 0 Å². The highest BCUT2D eigenvalue weighted by molar-refractivity contribution is 5.70. The zero-order valence-electron chi connectivity index (χ0n) is 13.6. The predicted molar refractivity (Wildman–Crippen MR) is 77.7 cm³/mol. The van der Waals surface area contributed by atoms with Crippen molar-refractivity contribution < 1.29 is 18.3 Å². The van der Waals surface area contributed by atoms with E-state index in [2.05, 4.69) is 0 Å². The molecule has 5 heteroatoms. The molecule has 0 aromatic rings. The summed E-state index contributed by atoms with van der Waals surface area (Å²) in [5.41, 5.74) is -1.34. The summed E-state index contributed by atoms with van der Waals surface area (Å²) in [4.78, 5) is 14.2. The van der Waals surface area contributed by atoms with Gasteiger partial charge in [-0.05, 0) is 65.2 Å². The number of ether oxygens (including phenoxy) is 1. The summed E-state index contributed by atoms with van der Waals surface area (Å²) in [6, 6.07) is -0.105. The fraction of sp³-hybridized carbons (Fsp3) is 0.941. The van der Waals surface area contributed by atoms with Crippen LogP contribution < -0.4 is 0 Å². The van der Waals surface area contributed by atoms with Gasteiger partial charge in [-0.3, -0.25) is 0 Å². The van der Waals surface area contributed by atoms with E-state index in [0.29, 0.717) is 12.8 Å². The summed E-state index contributed by atoms with van der Waals surface area (Å²) in [7, 11) is 0. The first kappa shape index (κ1) is 14.7. The minimum absolute atomic E-state index is 0.0526. The Morgan fingerprint density at radius 2 is 1.64 bits per heavy atom. The molecule has 124 valence electrons. The third-order valence-corrected chi connectivity index (χ3v) is 6.08. The van der Waals surface area contributed by atoms with E-state index in [1.807, 2.05) is 20.8 Å². The van der Waals surface area contributed by atoms with E-state index in [-0.39, 0.29) is 24.1 Å². The molecule has 2 heterocycles. The van der Waals surface area contributed by atoms with Crippen LogP contribution in [0.4, 0.5) is 13.6 Å². The summed E-state index contributed by atoms with van der Waals surface area (Å²) in [5, 5.41) is 0. The number of alkyl halides is 2. The maximum absolute atomic E-state index is 14.5. The van der Waals surface area contributed by atoms with Crippen LogP contribution in [0.2, 0.25) is 0 Å². The van der Waals surface area contributed by atoms with Gasteiger partial charge >= 0.3 is 6.09 Å². The summed E-state index contributed by atoms with van der Waals surface area (Å²) in [6.07, 6.45) is 4.24. The molecule has 1 spiro atoms. The SMILES string of the molecule is CC(C)(C)OC(=O)N1C2CCC1CC1(C2)C(C2CC2)C1(F)F. The van der Waals surface area contributed by atoms with Crippen LogP contribution in [0, 0.1) is 17.3 Å². The third kappa shape index (κ3) is 1.93. The van der Waals surface area contributed by atoms with Gasteiger partial charge in [0.05, 0.1) is 0 Å². The van der Waals surface area contributed by atoms with E-state index in [0.717, 1.165) is 25.7 Å². The molecule has 0 radical (unpaired) electrons. The zero-order valence-corrected chi connectivity index (χ0v) is 13.6. The average Bonchev–Trinajstić information content (AvgIpc) is 3.21. The second-order valence-electron chi connectivity index (χ2n) is 8.78. The molecular formula is C17H25F2NO2. The van der Waals surface area contributed by atoms with Gasteiger partial charge in [0, 0.05) is 23.4 Å². The first-order valence-corrected chi connectivity index (χ1v) is 8.55. The average molecular weight is 313 g/mol. The Labute approximate surface area is 130 Å². The maximum Gasteiger partial charge on any atom is 0.410 e. The standard InChI is InChI=1S/C17H25F2NO2/c1-15(2,3)22-14(21)20-11-6-7-12(20)9-16(8-11)13(10-4-5-10)17(16,18)19/h10-13H,4-9H2,1-3H3. The van der Waals surface area contributed by atoms with Gasteiger partial charge in [0.25, 0.3) is 5.92 Å². The van der Waals surface area contributed by atoms with Crippen molar-refractivity contribution in [3.8, 4) is 0 Å². The van der Waals surface area contributed by atoms with Crippen LogP contribution >= 0.6 is 0 Å². The largest absolute Gasteiger partial charge is 0.444 e. The number of amides is 1. The molecule has 0 N–H and O–H groups in total. The number of fused-ring (bicyclic) bond motifs is 2. The number of halogens is 2. The van der Waals surface area contributed by atoms with Crippen LogP contribution in [0.5, 0.6) is 0 Å². The lowest BCUT2D eigenvalue weighted by Crippen LogP contribution is -2.50. The summed E-state index contributed by atoms with van der Waals surface area (Å²) in [5.74, 6) is -2.68. The van der Waals surface area contributed by atoms with Gasteiger partial charge in [-0.2, -0.15) is 0 Å². The molecule has 2 aliphatic heterocycles. The molecule has 4 aliphatic rings. The number of hydrogen-bond acceptors (Lipinski definition) is 2. The predicted octanol–water partition coefficient (Wildman–Crippen LogP) is 4.21. The number of hydrogen-bond donors (Lipinski definition) is 0. The van der Waals surface area contributed by atoms with E-state index in [4.69, 9.17) is 4.74 Å². The molecule has 4 rings (SSSR count). The van der Waals surface area contributed by atoms with Gasteiger partial charge in [0.15, 0.2) is 0 Å². The van der Waals surface area contributed by atoms with Crippen LogP contribution in [-0.2, 0) is 4.74 Å². The molecule has 0 aromatic carbocycles. The lowest BCUT2D eigenvalue weighted by Gasteiger charge is -2.40. The normalized spacial score (nSPS) is 42.6. The topological polar surface area (TPSA) is 29.5 Å². The van der Waals surface area contributed by atoms with E-state index < -0.39 is 22.9 Å². The monoisotopic (exact) mass is 313 g/mol. The number of carbonyl (C=O) groups is 1. The van der Waals surface area contributed by atoms with Crippen LogP contribution in [0.1, 0.15) is 59.3 Å². The van der Waals surface area contributed by atoms with Crippen LogP contribution in [0.15, 0.2) is 0 Å². The molecule has 0 aromatic heterocycles. The van der Waals surface area contributed by atoms with Gasteiger partial charge in [0.1, 0.15) is 5.60 Å². The van der Waals surface area contributed by atoms with Crippen molar-refractivity contribution >= 4 is 6.09 Å². The molecule has 3 nitrogen and oxygen atoms in total. The van der Waals surface area contributed by atoms with Crippen molar-refractivity contribution in [2.45, 2.75) is 82.9 Å². The fourth-order valence-electron chi connectivity index (χ4n) is 5.14. The molecule has 3 atom stereocenters. The fourth-order valence-corrected chi connectivity index (χ4v) is 5.14. The van der Waals surface area contributed by atoms with Crippen LogP contribution in [0.25, 0.3) is 0 Å². The molecule has 2 saturated carbocycles. The van der Waals surface area contributed by atoms with Crippen molar-refractivity contribution in [1.82, 2.24) is 4.90 Å². The summed E-state index contributed by atoms with van der Waals surface area (Å²) >= 11 is 0. The minimum Gasteiger partial charge on any atom is -0.444 e. The zero-order chi connectivity index (χ0) is 15.9. The van der Waals surface area contributed by atoms with Gasteiger partial charge < -0.3 is 9.64 Å². The quantitative estimate of drug-likeness (QED) is 0.726. The van der Waals surface area contributed by atoms with Gasteiger partial charge in [0.2, 0.25) is 0 Å². The van der Waals surface area contributed by atoms with Crippen LogP contribution in [-0.4, -0.2) is 34.6 Å². The van der Waals surface area contributed by atoms with E-state index in [9.17, 15) is 13.6 Å². The van der Waals surface area contributed by atoms with Gasteiger partial charge in [-0.25, -0.2) is 13.6 Å². The summed E-state index contributed by atoms with van der Waals surface area (Å²) < 4.78 is 34.4. The third-order valence-electron chi connectivity index (χ3n) is 6.08. The van der Waals surface area contributed by atoms with Crippen molar-refractivity contribution in [3.05, 3.63) is 0 Å². The van der Waals surface area contributed by atoms with Gasteiger partial charge in [-0.15, -0.1) is 0 Å². The van der Waals surface area contributed by atoms with E-state index >= 15 is 0 Å². The molecule has 4 fully saturated rings. The molecule has 2 bridgehead atoms. The lowest BCUT2D eigenvalue weighted by molar-refractivity contribution is -0.0203. The Balaban J connectivity index is 1.52. The Bertz CT molecular complexity index is 495. The molecule has 2 aliphatic carbocycles. The maximum atomic E-state index is 14.5. The highest BCUT2D eigenvalue weighted by Crippen LogP contribution is 2.78. The number of nitrogens with zero attached hydrogens (tertiary/aromatic N) is 1. The van der Waals surface area contributed by atoms with Crippen molar-refractivity contribution in [2.24, 2.45) is 17.3 Å². The molecule has 2 saturated heterocycles. The smallest absolute Gasteiger partial charge is 0.410 e. The lowest BCUT2D eigenvalue weighted by atomic mass is 9.84. The van der Waals surface area contributed by atoms with Crippen molar-refractivity contribution in [2.75, 3.05) is 0 Å². The van der Waals surface area contributed by atoms with Crippen molar-refractivity contribution in [1.29, 1.82) is 0 Å². The molecule has 3 unspecified atom stereocenters. The second-order valence-corrected chi connectivity index (χ2v) is 8.78. The Hall–Kier alpha value is -0.870. The van der Waals surface area contributed by atoms with E-state index in [1.54, 1.807) is 4.90 Å². The second kappa shape index (κ2) is 4.15. The highest BCUT2D eigenvalue weighted by atomic mass is 19.3. The first-order valence-electron chi connectivity index (χ1n) is 8.55. The number of rotatable bonds is 1. The molecule has 1 amide bonds. The molecule has 22 heavy (non-hydrogen) atoms. The first-order chi connectivity index (χ1) is 10.2. The number of piperidine rings is 1. The minimum atomic E-state index is -2.50. The Morgan fingerprint density at radius 3 is 2.09 bits per heavy atom. The summed E-state index contributed by atoms with van der Waals surface area (Å²) in [6.45, 7) is 5.53. The van der Waals surface area contributed by atoms with Crippen LogP contribution in [0.3, 0.4) is 0 Å². The highest BCUT2D eigenvalue weighted by Gasteiger charge is 2.84.